The topological polar surface area (TPSA) is 15.3 Å². The number of hydrogen-bond acceptors (Lipinski definition) is 2. The third-order valence-electron chi connectivity index (χ3n) is 4.10. The van der Waals surface area contributed by atoms with Gasteiger partial charge < -0.3 is 10.2 Å². The van der Waals surface area contributed by atoms with Gasteiger partial charge in [0.15, 0.2) is 0 Å². The van der Waals surface area contributed by atoms with Crippen LogP contribution in [0.3, 0.4) is 0 Å². The highest BCUT2D eigenvalue weighted by Gasteiger charge is 2.22. The molecule has 0 spiro atoms. The number of likely N-dealkylation sites (tertiary alicyclic amines) is 1. The summed E-state index contributed by atoms with van der Waals surface area (Å²) < 4.78 is 0. The lowest BCUT2D eigenvalue weighted by molar-refractivity contribution is 0.128. The summed E-state index contributed by atoms with van der Waals surface area (Å²) >= 11 is 0. The van der Waals surface area contributed by atoms with Crippen molar-refractivity contribution in [2.75, 3.05) is 19.6 Å². The number of hydrogen-bond donors (Lipinski definition) is 1. The van der Waals surface area contributed by atoms with Crippen LogP contribution < -0.4 is 5.32 Å². The van der Waals surface area contributed by atoms with Crippen molar-refractivity contribution in [1.82, 2.24) is 10.2 Å². The van der Waals surface area contributed by atoms with Gasteiger partial charge in [-0.15, -0.1) is 0 Å². The van der Waals surface area contributed by atoms with E-state index in [1.807, 2.05) is 0 Å². The van der Waals surface area contributed by atoms with Crippen molar-refractivity contribution >= 4 is 0 Å². The molecule has 0 aromatic carbocycles. The largest absolute Gasteiger partial charge is 0.314 e. The second-order valence-electron chi connectivity index (χ2n) is 5.43. The molecule has 0 aliphatic carbocycles. The lowest BCUT2D eigenvalue weighted by Gasteiger charge is -2.36. The smallest absolute Gasteiger partial charge is 0.00816 e. The Labute approximate surface area is 102 Å². The molecule has 2 atom stereocenters. The molecule has 1 N–H and O–H groups in total. The van der Waals surface area contributed by atoms with Crippen molar-refractivity contribution in [3.8, 4) is 0 Å². The fourth-order valence-electron chi connectivity index (χ4n) is 2.89. The quantitative estimate of drug-likeness (QED) is 0.749. The van der Waals surface area contributed by atoms with Gasteiger partial charge in [0.05, 0.1) is 0 Å². The standard InChI is InChI=1S/C14H30N2/c1-5-14-7-9-16(10-8-14)13(4)11-12(3)15-6-2/h12-15H,5-11H2,1-4H3. The van der Waals surface area contributed by atoms with Crippen molar-refractivity contribution < 1.29 is 0 Å². The molecule has 96 valence electrons. The summed E-state index contributed by atoms with van der Waals surface area (Å²) in [5, 5.41) is 3.51. The molecule has 0 bridgehead atoms. The fourth-order valence-corrected chi connectivity index (χ4v) is 2.89. The van der Waals surface area contributed by atoms with Gasteiger partial charge in [0.1, 0.15) is 0 Å². The molecule has 1 aliphatic rings. The average Bonchev–Trinajstić information content (AvgIpc) is 2.29. The normalized spacial score (nSPS) is 23.2. The summed E-state index contributed by atoms with van der Waals surface area (Å²) in [6.07, 6.45) is 5.48. The summed E-state index contributed by atoms with van der Waals surface area (Å²) in [6.45, 7) is 12.9. The minimum atomic E-state index is 0.656. The summed E-state index contributed by atoms with van der Waals surface area (Å²) in [4.78, 5) is 2.68. The molecule has 2 heteroatoms. The lowest BCUT2D eigenvalue weighted by atomic mass is 9.93. The molecule has 0 saturated carbocycles. The summed E-state index contributed by atoms with van der Waals surface area (Å²) in [6, 6.07) is 1.40. The highest BCUT2D eigenvalue weighted by Crippen LogP contribution is 2.22. The predicted molar refractivity (Wildman–Crippen MR) is 71.8 cm³/mol. The van der Waals surface area contributed by atoms with Gasteiger partial charge in [-0.05, 0) is 58.7 Å². The Morgan fingerprint density at radius 1 is 1.19 bits per heavy atom. The zero-order valence-electron chi connectivity index (χ0n) is 11.6. The molecule has 1 saturated heterocycles. The lowest BCUT2D eigenvalue weighted by Crippen LogP contribution is -2.43. The third kappa shape index (κ3) is 4.42. The van der Waals surface area contributed by atoms with Crippen LogP contribution in [0.5, 0.6) is 0 Å². The van der Waals surface area contributed by atoms with E-state index in [-0.39, 0.29) is 0 Å². The Hall–Kier alpha value is -0.0800. The van der Waals surface area contributed by atoms with E-state index < -0.39 is 0 Å². The fraction of sp³-hybridized carbons (Fsp3) is 1.00. The van der Waals surface area contributed by atoms with E-state index in [2.05, 4.69) is 37.9 Å². The van der Waals surface area contributed by atoms with Crippen LogP contribution in [-0.4, -0.2) is 36.6 Å². The Bertz CT molecular complexity index is 174. The Balaban J connectivity index is 2.24. The molecule has 1 rings (SSSR count). The highest BCUT2D eigenvalue weighted by atomic mass is 15.2. The summed E-state index contributed by atoms with van der Waals surface area (Å²) in [7, 11) is 0. The van der Waals surface area contributed by atoms with E-state index in [1.165, 1.54) is 38.8 Å². The van der Waals surface area contributed by atoms with Crippen LogP contribution in [-0.2, 0) is 0 Å². The minimum Gasteiger partial charge on any atom is -0.314 e. The van der Waals surface area contributed by atoms with Crippen LogP contribution >= 0.6 is 0 Å². The maximum atomic E-state index is 3.51. The molecule has 2 nitrogen and oxygen atoms in total. The first kappa shape index (κ1) is 14.0. The summed E-state index contributed by atoms with van der Waals surface area (Å²) in [5.74, 6) is 0.995. The number of rotatable bonds is 6. The second kappa shape index (κ2) is 7.29. The van der Waals surface area contributed by atoms with Crippen LogP contribution in [0.25, 0.3) is 0 Å². The first-order valence-corrected chi connectivity index (χ1v) is 7.14. The molecular weight excluding hydrogens is 196 g/mol. The van der Waals surface area contributed by atoms with Crippen molar-refractivity contribution in [2.45, 2.75) is 65.5 Å². The number of nitrogens with one attached hydrogen (secondary N) is 1. The minimum absolute atomic E-state index is 0.656. The van der Waals surface area contributed by atoms with Crippen molar-refractivity contribution in [1.29, 1.82) is 0 Å². The number of piperidine rings is 1. The number of nitrogens with zero attached hydrogens (tertiary/aromatic N) is 1. The first-order chi connectivity index (χ1) is 7.67. The Morgan fingerprint density at radius 2 is 1.81 bits per heavy atom. The van der Waals surface area contributed by atoms with Crippen LogP contribution in [0.2, 0.25) is 0 Å². The maximum absolute atomic E-state index is 3.51. The predicted octanol–water partition coefficient (Wildman–Crippen LogP) is 2.89. The Morgan fingerprint density at radius 3 is 2.31 bits per heavy atom. The summed E-state index contributed by atoms with van der Waals surface area (Å²) in [5.41, 5.74) is 0. The van der Waals surface area contributed by atoms with E-state index in [1.54, 1.807) is 0 Å². The molecular formula is C14H30N2. The molecule has 1 aliphatic heterocycles. The van der Waals surface area contributed by atoms with E-state index in [9.17, 15) is 0 Å². The third-order valence-corrected chi connectivity index (χ3v) is 4.10. The average molecular weight is 226 g/mol. The van der Waals surface area contributed by atoms with Gasteiger partial charge in [0.2, 0.25) is 0 Å². The van der Waals surface area contributed by atoms with Gasteiger partial charge in [-0.25, -0.2) is 0 Å². The molecule has 0 radical (unpaired) electrons. The van der Waals surface area contributed by atoms with Gasteiger partial charge in [0, 0.05) is 12.1 Å². The zero-order chi connectivity index (χ0) is 12.0. The van der Waals surface area contributed by atoms with Crippen LogP contribution in [0.1, 0.15) is 53.4 Å². The van der Waals surface area contributed by atoms with Crippen molar-refractivity contribution in [3.63, 3.8) is 0 Å². The zero-order valence-corrected chi connectivity index (χ0v) is 11.6. The van der Waals surface area contributed by atoms with Gasteiger partial charge in [0.25, 0.3) is 0 Å². The van der Waals surface area contributed by atoms with Gasteiger partial charge >= 0.3 is 0 Å². The highest BCUT2D eigenvalue weighted by molar-refractivity contribution is 4.78. The molecule has 0 aromatic rings. The van der Waals surface area contributed by atoms with Crippen molar-refractivity contribution in [2.24, 2.45) is 5.92 Å². The molecule has 2 unspecified atom stereocenters. The molecule has 0 amide bonds. The maximum Gasteiger partial charge on any atom is 0.00816 e. The second-order valence-corrected chi connectivity index (χ2v) is 5.43. The SMILES string of the molecule is CCNC(C)CC(C)N1CCC(CC)CC1. The monoisotopic (exact) mass is 226 g/mol. The van der Waals surface area contributed by atoms with Gasteiger partial charge in [-0.1, -0.05) is 20.3 Å². The van der Waals surface area contributed by atoms with E-state index in [4.69, 9.17) is 0 Å². The van der Waals surface area contributed by atoms with Crippen molar-refractivity contribution in [3.05, 3.63) is 0 Å². The Kier molecular flexibility index (Phi) is 6.37. The molecule has 16 heavy (non-hydrogen) atoms. The van der Waals surface area contributed by atoms with Crippen LogP contribution in [0.15, 0.2) is 0 Å². The van der Waals surface area contributed by atoms with Crippen LogP contribution in [0, 0.1) is 5.92 Å². The van der Waals surface area contributed by atoms with Gasteiger partial charge in [-0.3, -0.25) is 0 Å². The molecule has 0 aromatic heterocycles. The molecule has 1 fully saturated rings. The van der Waals surface area contributed by atoms with E-state index in [0.29, 0.717) is 6.04 Å². The van der Waals surface area contributed by atoms with E-state index in [0.717, 1.165) is 18.5 Å². The molecule has 1 heterocycles. The first-order valence-electron chi connectivity index (χ1n) is 7.14. The van der Waals surface area contributed by atoms with Gasteiger partial charge in [-0.2, -0.15) is 0 Å². The van der Waals surface area contributed by atoms with E-state index >= 15 is 0 Å². The van der Waals surface area contributed by atoms with Crippen LogP contribution in [0.4, 0.5) is 0 Å².